The number of nitrogens with zero attached hydrogens (tertiary/aromatic N) is 1. The highest BCUT2D eigenvalue weighted by Crippen LogP contribution is 2.32. The fourth-order valence-electron chi connectivity index (χ4n) is 1.90. The van der Waals surface area contributed by atoms with E-state index in [9.17, 15) is 17.6 Å². The smallest absolute Gasteiger partial charge is 0.312 e. The van der Waals surface area contributed by atoms with Crippen LogP contribution in [-0.4, -0.2) is 11.5 Å². The first kappa shape index (κ1) is 15.9. The van der Waals surface area contributed by atoms with Crippen LogP contribution >= 0.6 is 11.3 Å². The summed E-state index contributed by atoms with van der Waals surface area (Å²) in [5, 5.41) is 5.80. The molecule has 0 spiro atoms. The van der Waals surface area contributed by atoms with Gasteiger partial charge in [-0.15, -0.1) is 11.3 Å². The van der Waals surface area contributed by atoms with E-state index >= 15 is 0 Å². The molecular formula is C14H14F4N2S. The van der Waals surface area contributed by atoms with Gasteiger partial charge in [0.25, 0.3) is 0 Å². The van der Waals surface area contributed by atoms with Crippen molar-refractivity contribution in [2.75, 3.05) is 6.54 Å². The quantitative estimate of drug-likeness (QED) is 0.667. The molecule has 0 aliphatic carbocycles. The maximum absolute atomic E-state index is 13.0. The monoisotopic (exact) mass is 318 g/mol. The molecule has 0 bridgehead atoms. The maximum Gasteiger partial charge on any atom is 0.416 e. The van der Waals surface area contributed by atoms with Crippen molar-refractivity contribution in [1.82, 2.24) is 10.3 Å². The Morgan fingerprint density at radius 3 is 2.67 bits per heavy atom. The van der Waals surface area contributed by atoms with E-state index in [-0.39, 0.29) is 12.1 Å². The van der Waals surface area contributed by atoms with Crippen molar-refractivity contribution < 1.29 is 17.6 Å². The van der Waals surface area contributed by atoms with E-state index in [2.05, 4.69) is 10.3 Å². The fraction of sp³-hybridized carbons (Fsp3) is 0.357. The molecule has 0 unspecified atom stereocenters. The Labute approximate surface area is 123 Å². The number of benzene rings is 1. The SMILES string of the molecule is Cc1csc(CCNCc2ccc(F)cc2C(F)(F)F)n1. The summed E-state index contributed by atoms with van der Waals surface area (Å²) < 4.78 is 51.4. The summed E-state index contributed by atoms with van der Waals surface area (Å²) in [6.45, 7) is 2.45. The molecule has 2 rings (SSSR count). The van der Waals surface area contributed by atoms with Gasteiger partial charge in [-0.3, -0.25) is 0 Å². The maximum atomic E-state index is 13.0. The van der Waals surface area contributed by atoms with Gasteiger partial charge in [-0.05, 0) is 24.6 Å². The summed E-state index contributed by atoms with van der Waals surface area (Å²) in [4.78, 5) is 4.27. The number of hydrogen-bond donors (Lipinski definition) is 1. The largest absolute Gasteiger partial charge is 0.416 e. The van der Waals surface area contributed by atoms with Crippen LogP contribution in [0.2, 0.25) is 0 Å². The van der Waals surface area contributed by atoms with Crippen LogP contribution in [0.15, 0.2) is 23.6 Å². The summed E-state index contributed by atoms with van der Waals surface area (Å²) >= 11 is 1.52. The van der Waals surface area contributed by atoms with E-state index in [0.29, 0.717) is 19.0 Å². The Bertz CT molecular complexity index is 607. The summed E-state index contributed by atoms with van der Waals surface area (Å²) in [7, 11) is 0. The van der Waals surface area contributed by atoms with Crippen molar-refractivity contribution in [3.05, 3.63) is 51.2 Å². The Balaban J connectivity index is 1.94. The fourth-order valence-corrected chi connectivity index (χ4v) is 2.68. The summed E-state index contributed by atoms with van der Waals surface area (Å²) in [5.41, 5.74) is 0.0483. The van der Waals surface area contributed by atoms with Crippen molar-refractivity contribution in [2.45, 2.75) is 26.1 Å². The van der Waals surface area contributed by atoms with E-state index in [0.717, 1.165) is 16.8 Å². The first-order valence-corrected chi connectivity index (χ1v) is 7.21. The third kappa shape index (κ3) is 4.50. The number of halogens is 4. The van der Waals surface area contributed by atoms with E-state index < -0.39 is 17.6 Å². The second kappa shape index (κ2) is 6.53. The minimum atomic E-state index is -4.55. The minimum absolute atomic E-state index is 0.0409. The normalized spacial score (nSPS) is 11.9. The summed E-state index contributed by atoms with van der Waals surface area (Å²) in [6.07, 6.45) is -3.90. The van der Waals surface area contributed by atoms with Gasteiger partial charge in [-0.1, -0.05) is 6.07 Å². The second-order valence-electron chi connectivity index (χ2n) is 4.61. The van der Waals surface area contributed by atoms with Crippen molar-refractivity contribution in [2.24, 2.45) is 0 Å². The molecule has 1 heterocycles. The molecule has 0 aliphatic rings. The van der Waals surface area contributed by atoms with Gasteiger partial charge in [0.15, 0.2) is 0 Å². The summed E-state index contributed by atoms with van der Waals surface area (Å²) in [5.74, 6) is -0.885. The van der Waals surface area contributed by atoms with Crippen LogP contribution in [0.5, 0.6) is 0 Å². The Morgan fingerprint density at radius 2 is 2.05 bits per heavy atom. The predicted molar refractivity (Wildman–Crippen MR) is 73.7 cm³/mol. The minimum Gasteiger partial charge on any atom is -0.312 e. The molecule has 21 heavy (non-hydrogen) atoms. The van der Waals surface area contributed by atoms with Crippen molar-refractivity contribution >= 4 is 11.3 Å². The highest BCUT2D eigenvalue weighted by molar-refractivity contribution is 7.09. The number of rotatable bonds is 5. The van der Waals surface area contributed by atoms with Gasteiger partial charge < -0.3 is 5.32 Å². The van der Waals surface area contributed by atoms with Crippen LogP contribution in [-0.2, 0) is 19.1 Å². The molecule has 0 aliphatic heterocycles. The molecule has 0 saturated carbocycles. The van der Waals surface area contributed by atoms with E-state index in [1.54, 1.807) is 0 Å². The van der Waals surface area contributed by atoms with Crippen LogP contribution in [0.3, 0.4) is 0 Å². The van der Waals surface area contributed by atoms with Crippen LogP contribution in [0, 0.1) is 12.7 Å². The number of aryl methyl sites for hydroxylation is 1. The molecule has 1 aromatic heterocycles. The van der Waals surface area contributed by atoms with Crippen molar-refractivity contribution in [3.8, 4) is 0 Å². The average molecular weight is 318 g/mol. The van der Waals surface area contributed by atoms with Gasteiger partial charge in [-0.2, -0.15) is 13.2 Å². The third-order valence-electron chi connectivity index (χ3n) is 2.87. The zero-order chi connectivity index (χ0) is 15.5. The second-order valence-corrected chi connectivity index (χ2v) is 5.55. The number of aromatic nitrogens is 1. The lowest BCUT2D eigenvalue weighted by Crippen LogP contribution is -2.20. The number of nitrogens with one attached hydrogen (secondary N) is 1. The van der Waals surface area contributed by atoms with Crippen molar-refractivity contribution in [3.63, 3.8) is 0 Å². The van der Waals surface area contributed by atoms with Gasteiger partial charge in [0.2, 0.25) is 0 Å². The molecule has 1 N–H and O–H groups in total. The topological polar surface area (TPSA) is 24.9 Å². The lowest BCUT2D eigenvalue weighted by molar-refractivity contribution is -0.138. The van der Waals surface area contributed by atoms with Crippen molar-refractivity contribution in [1.29, 1.82) is 0 Å². The standard InChI is InChI=1S/C14H14F4N2S/c1-9-8-21-13(20-9)4-5-19-7-10-2-3-11(15)6-12(10)14(16,17)18/h2-3,6,8,19H,4-5,7H2,1H3. The zero-order valence-corrected chi connectivity index (χ0v) is 12.1. The number of hydrogen-bond acceptors (Lipinski definition) is 3. The molecular weight excluding hydrogens is 304 g/mol. The highest BCUT2D eigenvalue weighted by atomic mass is 32.1. The third-order valence-corrected chi connectivity index (χ3v) is 3.90. The molecule has 0 atom stereocenters. The Kier molecular flexibility index (Phi) is 4.95. The predicted octanol–water partition coefficient (Wildman–Crippen LogP) is 3.94. The molecule has 7 heteroatoms. The molecule has 0 radical (unpaired) electrons. The van der Waals surface area contributed by atoms with Gasteiger partial charge in [-0.25, -0.2) is 9.37 Å². The highest BCUT2D eigenvalue weighted by Gasteiger charge is 2.33. The lowest BCUT2D eigenvalue weighted by Gasteiger charge is -2.13. The zero-order valence-electron chi connectivity index (χ0n) is 11.3. The van der Waals surface area contributed by atoms with Gasteiger partial charge in [0.1, 0.15) is 5.82 Å². The molecule has 1 aromatic carbocycles. The molecule has 0 amide bonds. The van der Waals surface area contributed by atoms with Gasteiger partial charge in [0.05, 0.1) is 10.6 Å². The molecule has 0 fully saturated rings. The molecule has 0 saturated heterocycles. The Morgan fingerprint density at radius 1 is 1.29 bits per heavy atom. The van der Waals surface area contributed by atoms with E-state index in [4.69, 9.17) is 0 Å². The molecule has 114 valence electrons. The number of thiazole rings is 1. The Hall–Kier alpha value is -1.47. The first-order valence-electron chi connectivity index (χ1n) is 6.33. The lowest BCUT2D eigenvalue weighted by atomic mass is 10.1. The van der Waals surface area contributed by atoms with Gasteiger partial charge in [0, 0.05) is 30.6 Å². The summed E-state index contributed by atoms with van der Waals surface area (Å²) in [6, 6.07) is 2.73. The first-order chi connectivity index (χ1) is 9.86. The van der Waals surface area contributed by atoms with Crippen LogP contribution in [0.1, 0.15) is 21.8 Å². The average Bonchev–Trinajstić information content (AvgIpc) is 2.81. The molecule has 2 aromatic rings. The van der Waals surface area contributed by atoms with Crippen LogP contribution < -0.4 is 5.32 Å². The van der Waals surface area contributed by atoms with Crippen LogP contribution in [0.25, 0.3) is 0 Å². The van der Waals surface area contributed by atoms with Gasteiger partial charge >= 0.3 is 6.18 Å². The van der Waals surface area contributed by atoms with E-state index in [1.807, 2.05) is 12.3 Å². The van der Waals surface area contributed by atoms with E-state index in [1.165, 1.54) is 17.4 Å². The number of alkyl halides is 3. The van der Waals surface area contributed by atoms with Crippen LogP contribution in [0.4, 0.5) is 17.6 Å². The molecule has 2 nitrogen and oxygen atoms in total.